The monoisotopic (exact) mass is 268 g/mol. The molecular formula is C16H13FN2O. The largest absolute Gasteiger partial charge is 0.388 e. The predicted molar refractivity (Wildman–Crippen MR) is 76.9 cm³/mol. The molecule has 0 spiro atoms. The average molecular weight is 268 g/mol. The van der Waals surface area contributed by atoms with Crippen molar-refractivity contribution < 1.29 is 8.91 Å². The maximum absolute atomic E-state index is 13.2. The second kappa shape index (κ2) is 5.17. The first-order valence-electron chi connectivity index (χ1n) is 6.27. The topological polar surface area (TPSA) is 38.1 Å². The zero-order valence-electron chi connectivity index (χ0n) is 10.9. The van der Waals surface area contributed by atoms with Gasteiger partial charge in [-0.2, -0.15) is 0 Å². The summed E-state index contributed by atoms with van der Waals surface area (Å²) in [5, 5.41) is 7.09. The summed E-state index contributed by atoms with van der Waals surface area (Å²) in [5.41, 5.74) is 3.39. The Morgan fingerprint density at radius 2 is 1.80 bits per heavy atom. The van der Waals surface area contributed by atoms with E-state index >= 15 is 0 Å². The molecule has 0 bridgehead atoms. The van der Waals surface area contributed by atoms with Gasteiger partial charge in [-0.05, 0) is 24.3 Å². The fourth-order valence-electron chi connectivity index (χ4n) is 2.00. The van der Waals surface area contributed by atoms with Crippen LogP contribution < -0.4 is 5.32 Å². The van der Waals surface area contributed by atoms with E-state index in [-0.39, 0.29) is 5.82 Å². The summed E-state index contributed by atoms with van der Waals surface area (Å²) < 4.78 is 18.5. The van der Waals surface area contributed by atoms with Gasteiger partial charge in [0.1, 0.15) is 11.5 Å². The van der Waals surface area contributed by atoms with E-state index in [0.717, 1.165) is 16.9 Å². The molecule has 4 heteroatoms. The number of hydrogen-bond acceptors (Lipinski definition) is 3. The molecule has 0 radical (unpaired) electrons. The lowest BCUT2D eigenvalue weighted by atomic mass is 10.1. The SMILES string of the molecule is CNc1ccc(-c2cc(-c3cccc(F)c3)on2)cc1. The molecule has 0 aliphatic heterocycles. The zero-order chi connectivity index (χ0) is 13.9. The van der Waals surface area contributed by atoms with Crippen LogP contribution >= 0.6 is 0 Å². The summed E-state index contributed by atoms with van der Waals surface area (Å²) >= 11 is 0. The van der Waals surface area contributed by atoms with E-state index in [1.54, 1.807) is 12.1 Å². The minimum Gasteiger partial charge on any atom is -0.388 e. The van der Waals surface area contributed by atoms with Gasteiger partial charge in [0.05, 0.1) is 0 Å². The van der Waals surface area contributed by atoms with Crippen molar-refractivity contribution in [1.82, 2.24) is 5.16 Å². The molecule has 1 aromatic heterocycles. The van der Waals surface area contributed by atoms with Crippen molar-refractivity contribution in [3.05, 3.63) is 60.4 Å². The van der Waals surface area contributed by atoms with Crippen LogP contribution in [0.15, 0.2) is 59.1 Å². The van der Waals surface area contributed by atoms with Gasteiger partial charge in [0.25, 0.3) is 0 Å². The van der Waals surface area contributed by atoms with Gasteiger partial charge in [0.2, 0.25) is 0 Å². The van der Waals surface area contributed by atoms with Crippen molar-refractivity contribution in [3.8, 4) is 22.6 Å². The van der Waals surface area contributed by atoms with Gasteiger partial charge in [-0.3, -0.25) is 0 Å². The molecular weight excluding hydrogens is 255 g/mol. The van der Waals surface area contributed by atoms with E-state index < -0.39 is 0 Å². The number of rotatable bonds is 3. The van der Waals surface area contributed by atoms with Crippen molar-refractivity contribution in [2.75, 3.05) is 12.4 Å². The first kappa shape index (κ1) is 12.4. The molecule has 3 nitrogen and oxygen atoms in total. The number of benzene rings is 2. The molecule has 0 amide bonds. The van der Waals surface area contributed by atoms with Gasteiger partial charge in [-0.15, -0.1) is 0 Å². The van der Waals surface area contributed by atoms with Gasteiger partial charge in [0, 0.05) is 29.9 Å². The fraction of sp³-hybridized carbons (Fsp3) is 0.0625. The van der Waals surface area contributed by atoms with Gasteiger partial charge < -0.3 is 9.84 Å². The molecule has 0 fully saturated rings. The Labute approximate surface area is 116 Å². The summed E-state index contributed by atoms with van der Waals surface area (Å²) in [5.74, 6) is 0.260. The summed E-state index contributed by atoms with van der Waals surface area (Å²) in [6, 6.07) is 15.9. The maximum Gasteiger partial charge on any atom is 0.167 e. The highest BCUT2D eigenvalue weighted by atomic mass is 19.1. The first-order valence-corrected chi connectivity index (χ1v) is 6.27. The van der Waals surface area contributed by atoms with Crippen LogP contribution in [-0.2, 0) is 0 Å². The van der Waals surface area contributed by atoms with Crippen LogP contribution in [-0.4, -0.2) is 12.2 Å². The minimum absolute atomic E-state index is 0.293. The quantitative estimate of drug-likeness (QED) is 0.774. The molecule has 0 unspecified atom stereocenters. The van der Waals surface area contributed by atoms with E-state index in [0.29, 0.717) is 11.3 Å². The third kappa shape index (κ3) is 2.40. The van der Waals surface area contributed by atoms with Crippen LogP contribution in [0.2, 0.25) is 0 Å². The summed E-state index contributed by atoms with van der Waals surface area (Å²) in [4.78, 5) is 0. The van der Waals surface area contributed by atoms with Crippen molar-refractivity contribution >= 4 is 5.69 Å². The van der Waals surface area contributed by atoms with Gasteiger partial charge in [0.15, 0.2) is 5.76 Å². The molecule has 0 aliphatic rings. The van der Waals surface area contributed by atoms with E-state index in [1.807, 2.05) is 37.4 Å². The second-order valence-corrected chi connectivity index (χ2v) is 4.41. The third-order valence-electron chi connectivity index (χ3n) is 3.09. The van der Waals surface area contributed by atoms with E-state index in [1.165, 1.54) is 12.1 Å². The van der Waals surface area contributed by atoms with Crippen molar-refractivity contribution in [2.24, 2.45) is 0 Å². The Bertz CT molecular complexity index is 719. The molecule has 3 aromatic rings. The van der Waals surface area contributed by atoms with Crippen molar-refractivity contribution in [2.45, 2.75) is 0 Å². The highest BCUT2D eigenvalue weighted by Crippen LogP contribution is 2.27. The van der Waals surface area contributed by atoms with Crippen LogP contribution in [0.4, 0.5) is 10.1 Å². The molecule has 1 heterocycles. The van der Waals surface area contributed by atoms with E-state index in [2.05, 4.69) is 10.5 Å². The Kier molecular flexibility index (Phi) is 3.21. The van der Waals surface area contributed by atoms with Crippen LogP contribution in [0, 0.1) is 5.82 Å². The van der Waals surface area contributed by atoms with Crippen LogP contribution in [0.5, 0.6) is 0 Å². The lowest BCUT2D eigenvalue weighted by Gasteiger charge is -1.99. The summed E-state index contributed by atoms with van der Waals surface area (Å²) in [6.45, 7) is 0. The summed E-state index contributed by atoms with van der Waals surface area (Å²) in [7, 11) is 1.87. The maximum atomic E-state index is 13.2. The lowest BCUT2D eigenvalue weighted by Crippen LogP contribution is -1.86. The standard InChI is InChI=1S/C16H13FN2O/c1-18-14-7-5-11(6-8-14)15-10-16(20-19-15)12-3-2-4-13(17)9-12/h2-10,18H,1H3. The molecule has 20 heavy (non-hydrogen) atoms. The average Bonchev–Trinajstić information content (AvgIpc) is 2.97. The van der Waals surface area contributed by atoms with Crippen LogP contribution in [0.3, 0.4) is 0 Å². The number of anilines is 1. The van der Waals surface area contributed by atoms with Gasteiger partial charge >= 0.3 is 0 Å². The second-order valence-electron chi connectivity index (χ2n) is 4.41. The van der Waals surface area contributed by atoms with Gasteiger partial charge in [-0.25, -0.2) is 4.39 Å². The smallest absolute Gasteiger partial charge is 0.167 e. The normalized spacial score (nSPS) is 10.5. The van der Waals surface area contributed by atoms with Crippen molar-refractivity contribution in [3.63, 3.8) is 0 Å². The number of hydrogen-bond donors (Lipinski definition) is 1. The summed E-state index contributed by atoms with van der Waals surface area (Å²) in [6.07, 6.45) is 0. The first-order chi connectivity index (χ1) is 9.76. The van der Waals surface area contributed by atoms with Gasteiger partial charge in [-0.1, -0.05) is 29.4 Å². The predicted octanol–water partition coefficient (Wildman–Crippen LogP) is 4.19. The number of nitrogens with one attached hydrogen (secondary N) is 1. The molecule has 2 aromatic carbocycles. The Morgan fingerprint density at radius 1 is 1.00 bits per heavy atom. The molecule has 0 saturated heterocycles. The van der Waals surface area contributed by atoms with E-state index in [4.69, 9.17) is 4.52 Å². The lowest BCUT2D eigenvalue weighted by molar-refractivity contribution is 0.434. The number of aromatic nitrogens is 1. The zero-order valence-corrected chi connectivity index (χ0v) is 10.9. The van der Waals surface area contributed by atoms with Crippen LogP contribution in [0.1, 0.15) is 0 Å². The Hall–Kier alpha value is -2.62. The van der Waals surface area contributed by atoms with E-state index in [9.17, 15) is 4.39 Å². The highest BCUT2D eigenvalue weighted by Gasteiger charge is 2.09. The number of halogens is 1. The molecule has 0 atom stereocenters. The Balaban J connectivity index is 1.93. The third-order valence-corrected chi connectivity index (χ3v) is 3.09. The van der Waals surface area contributed by atoms with Crippen molar-refractivity contribution in [1.29, 1.82) is 0 Å². The minimum atomic E-state index is -0.293. The molecule has 0 aliphatic carbocycles. The molecule has 100 valence electrons. The highest BCUT2D eigenvalue weighted by molar-refractivity contribution is 5.68. The fourth-order valence-corrected chi connectivity index (χ4v) is 2.00. The van der Waals surface area contributed by atoms with Crippen LogP contribution in [0.25, 0.3) is 22.6 Å². The number of nitrogens with zero attached hydrogens (tertiary/aromatic N) is 1. The molecule has 1 N–H and O–H groups in total. The molecule has 0 saturated carbocycles. The molecule has 3 rings (SSSR count). The Morgan fingerprint density at radius 3 is 2.50 bits per heavy atom.